The summed E-state index contributed by atoms with van der Waals surface area (Å²) >= 11 is 1.76. The first-order valence-electron chi connectivity index (χ1n) is 6.41. The standard InChI is InChI=1S/C15H20N2OS/c1-10(13-5-7-14(19-4)8-6-13)16-9-15-11(2)17-18-12(15)3/h5-8,10,16H,9H2,1-4H3. The Kier molecular flexibility index (Phi) is 4.66. The van der Waals surface area contributed by atoms with Crippen LogP contribution in [-0.2, 0) is 6.54 Å². The summed E-state index contributed by atoms with van der Waals surface area (Å²) in [6.07, 6.45) is 2.09. The van der Waals surface area contributed by atoms with Gasteiger partial charge in [0.2, 0.25) is 0 Å². The number of aromatic nitrogens is 1. The first-order chi connectivity index (χ1) is 9.11. The summed E-state index contributed by atoms with van der Waals surface area (Å²) in [7, 11) is 0. The van der Waals surface area contributed by atoms with Crippen LogP contribution in [-0.4, -0.2) is 11.4 Å². The molecule has 0 fully saturated rings. The summed E-state index contributed by atoms with van der Waals surface area (Å²) in [5, 5.41) is 7.49. The molecule has 19 heavy (non-hydrogen) atoms. The zero-order valence-corrected chi connectivity index (χ0v) is 12.7. The van der Waals surface area contributed by atoms with Crippen LogP contribution in [0.4, 0.5) is 0 Å². The van der Waals surface area contributed by atoms with E-state index in [4.69, 9.17) is 4.52 Å². The van der Waals surface area contributed by atoms with Crippen molar-refractivity contribution in [2.45, 2.75) is 38.3 Å². The fraction of sp³-hybridized carbons (Fsp3) is 0.400. The van der Waals surface area contributed by atoms with E-state index in [1.54, 1.807) is 11.8 Å². The molecule has 1 aromatic heterocycles. The maximum atomic E-state index is 5.17. The zero-order chi connectivity index (χ0) is 13.8. The van der Waals surface area contributed by atoms with Gasteiger partial charge in [-0.15, -0.1) is 11.8 Å². The molecule has 3 nitrogen and oxygen atoms in total. The van der Waals surface area contributed by atoms with E-state index in [0.29, 0.717) is 6.04 Å². The number of hydrogen-bond donors (Lipinski definition) is 1. The average molecular weight is 276 g/mol. The van der Waals surface area contributed by atoms with Gasteiger partial charge in [-0.2, -0.15) is 0 Å². The summed E-state index contributed by atoms with van der Waals surface area (Å²) in [5.74, 6) is 0.898. The molecule has 2 aromatic rings. The van der Waals surface area contributed by atoms with E-state index in [1.165, 1.54) is 10.5 Å². The molecule has 2 rings (SSSR count). The van der Waals surface area contributed by atoms with Crippen molar-refractivity contribution in [2.75, 3.05) is 6.26 Å². The second-order valence-electron chi connectivity index (χ2n) is 4.68. The van der Waals surface area contributed by atoms with Crippen molar-refractivity contribution in [3.05, 3.63) is 46.8 Å². The first kappa shape index (κ1) is 14.2. The van der Waals surface area contributed by atoms with E-state index in [1.807, 2.05) is 13.8 Å². The van der Waals surface area contributed by atoms with Gasteiger partial charge in [0.05, 0.1) is 5.69 Å². The van der Waals surface area contributed by atoms with Crippen molar-refractivity contribution in [1.29, 1.82) is 0 Å². The molecule has 1 unspecified atom stereocenters. The largest absolute Gasteiger partial charge is 0.361 e. The second-order valence-corrected chi connectivity index (χ2v) is 5.56. The molecular weight excluding hydrogens is 256 g/mol. The van der Waals surface area contributed by atoms with Crippen LogP contribution in [0.2, 0.25) is 0 Å². The van der Waals surface area contributed by atoms with Crippen LogP contribution in [0.15, 0.2) is 33.7 Å². The highest BCUT2D eigenvalue weighted by atomic mass is 32.2. The number of benzene rings is 1. The van der Waals surface area contributed by atoms with Gasteiger partial charge in [-0.1, -0.05) is 17.3 Å². The molecule has 0 amide bonds. The molecular formula is C15H20N2OS. The molecule has 1 N–H and O–H groups in total. The Hall–Kier alpha value is -1.26. The lowest BCUT2D eigenvalue weighted by Gasteiger charge is -2.14. The fourth-order valence-corrected chi connectivity index (χ4v) is 2.43. The Bertz CT molecular complexity index is 514. The SMILES string of the molecule is CSc1ccc(C(C)NCc2c(C)noc2C)cc1. The second kappa shape index (κ2) is 6.26. The van der Waals surface area contributed by atoms with Crippen LogP contribution < -0.4 is 5.32 Å². The van der Waals surface area contributed by atoms with E-state index in [-0.39, 0.29) is 0 Å². The lowest BCUT2D eigenvalue weighted by Crippen LogP contribution is -2.18. The fourth-order valence-electron chi connectivity index (χ4n) is 2.02. The molecule has 1 atom stereocenters. The lowest BCUT2D eigenvalue weighted by atomic mass is 10.1. The van der Waals surface area contributed by atoms with E-state index >= 15 is 0 Å². The Morgan fingerprint density at radius 2 is 1.95 bits per heavy atom. The van der Waals surface area contributed by atoms with Crippen molar-refractivity contribution in [2.24, 2.45) is 0 Å². The smallest absolute Gasteiger partial charge is 0.138 e. The van der Waals surface area contributed by atoms with E-state index in [2.05, 4.69) is 47.9 Å². The van der Waals surface area contributed by atoms with Gasteiger partial charge >= 0.3 is 0 Å². The van der Waals surface area contributed by atoms with E-state index < -0.39 is 0 Å². The van der Waals surface area contributed by atoms with Crippen molar-refractivity contribution in [3.8, 4) is 0 Å². The minimum absolute atomic E-state index is 0.310. The van der Waals surface area contributed by atoms with Crippen LogP contribution in [0.1, 0.15) is 35.5 Å². The monoisotopic (exact) mass is 276 g/mol. The first-order valence-corrected chi connectivity index (χ1v) is 7.63. The number of hydrogen-bond acceptors (Lipinski definition) is 4. The van der Waals surface area contributed by atoms with Gasteiger partial charge < -0.3 is 9.84 Å². The molecule has 0 aliphatic carbocycles. The van der Waals surface area contributed by atoms with Crippen LogP contribution >= 0.6 is 11.8 Å². The molecule has 0 spiro atoms. The Balaban J connectivity index is 1.99. The number of nitrogens with one attached hydrogen (secondary N) is 1. The molecule has 0 bridgehead atoms. The minimum atomic E-state index is 0.310. The van der Waals surface area contributed by atoms with Gasteiger partial charge in [-0.25, -0.2) is 0 Å². The number of thioether (sulfide) groups is 1. The highest BCUT2D eigenvalue weighted by Gasteiger charge is 2.11. The highest BCUT2D eigenvalue weighted by molar-refractivity contribution is 7.98. The Morgan fingerprint density at radius 3 is 2.47 bits per heavy atom. The minimum Gasteiger partial charge on any atom is -0.361 e. The number of rotatable bonds is 5. The van der Waals surface area contributed by atoms with Crippen LogP contribution in [0, 0.1) is 13.8 Å². The summed E-state index contributed by atoms with van der Waals surface area (Å²) in [5.41, 5.74) is 3.42. The van der Waals surface area contributed by atoms with Crippen molar-refractivity contribution in [1.82, 2.24) is 10.5 Å². The summed E-state index contributed by atoms with van der Waals surface area (Å²) in [6, 6.07) is 8.99. The highest BCUT2D eigenvalue weighted by Crippen LogP contribution is 2.20. The van der Waals surface area contributed by atoms with E-state index in [9.17, 15) is 0 Å². The molecule has 0 saturated carbocycles. The third kappa shape index (κ3) is 3.39. The molecule has 102 valence electrons. The Labute approximate surface area is 118 Å². The zero-order valence-electron chi connectivity index (χ0n) is 11.9. The van der Waals surface area contributed by atoms with E-state index in [0.717, 1.165) is 23.6 Å². The number of nitrogens with zero attached hydrogens (tertiary/aromatic N) is 1. The lowest BCUT2D eigenvalue weighted by molar-refractivity contribution is 0.391. The van der Waals surface area contributed by atoms with Crippen LogP contribution in [0.25, 0.3) is 0 Å². The van der Waals surface area contributed by atoms with Crippen molar-refractivity contribution < 1.29 is 4.52 Å². The van der Waals surface area contributed by atoms with Gasteiger partial charge in [0, 0.05) is 23.0 Å². The summed E-state index contributed by atoms with van der Waals surface area (Å²) < 4.78 is 5.17. The van der Waals surface area contributed by atoms with Crippen LogP contribution in [0.5, 0.6) is 0 Å². The summed E-state index contributed by atoms with van der Waals surface area (Å²) in [4.78, 5) is 1.29. The third-order valence-electron chi connectivity index (χ3n) is 3.38. The predicted molar refractivity (Wildman–Crippen MR) is 79.5 cm³/mol. The third-order valence-corrected chi connectivity index (χ3v) is 4.13. The van der Waals surface area contributed by atoms with Gasteiger partial charge in [0.25, 0.3) is 0 Å². The average Bonchev–Trinajstić information content (AvgIpc) is 2.75. The maximum Gasteiger partial charge on any atom is 0.138 e. The molecule has 0 aliphatic rings. The van der Waals surface area contributed by atoms with Gasteiger partial charge in [0.1, 0.15) is 5.76 Å². The maximum absolute atomic E-state index is 5.17. The molecule has 1 heterocycles. The van der Waals surface area contributed by atoms with Crippen molar-refractivity contribution >= 4 is 11.8 Å². The normalized spacial score (nSPS) is 12.6. The Morgan fingerprint density at radius 1 is 1.26 bits per heavy atom. The van der Waals surface area contributed by atoms with Crippen molar-refractivity contribution in [3.63, 3.8) is 0 Å². The molecule has 4 heteroatoms. The predicted octanol–water partition coefficient (Wildman–Crippen LogP) is 3.86. The molecule has 0 radical (unpaired) electrons. The van der Waals surface area contributed by atoms with Gasteiger partial charge in [0.15, 0.2) is 0 Å². The van der Waals surface area contributed by atoms with Gasteiger partial charge in [-0.3, -0.25) is 0 Å². The summed E-state index contributed by atoms with van der Waals surface area (Å²) in [6.45, 7) is 6.89. The van der Waals surface area contributed by atoms with Gasteiger partial charge in [-0.05, 0) is 44.7 Å². The quantitative estimate of drug-likeness (QED) is 0.841. The van der Waals surface area contributed by atoms with Crippen LogP contribution in [0.3, 0.4) is 0 Å². The molecule has 1 aromatic carbocycles. The molecule has 0 saturated heterocycles. The number of aryl methyl sites for hydroxylation is 2. The molecule has 0 aliphatic heterocycles. The topological polar surface area (TPSA) is 38.1 Å².